The van der Waals surface area contributed by atoms with Crippen molar-refractivity contribution in [1.82, 2.24) is 0 Å². The average Bonchev–Trinajstić information content (AvgIpc) is 0.919. The first-order valence-corrected chi connectivity index (χ1v) is 46.8. The van der Waals surface area contributed by atoms with E-state index >= 15 is 0 Å². The molecule has 2 unspecified atom stereocenters. The third-order valence-corrected chi connectivity index (χ3v) is 21.8. The zero-order valence-corrected chi connectivity index (χ0v) is 69.1. The number of esters is 4. The highest BCUT2D eigenvalue weighted by Crippen LogP contribution is 2.45. The van der Waals surface area contributed by atoms with Crippen LogP contribution in [0.4, 0.5) is 0 Å². The van der Waals surface area contributed by atoms with Crippen LogP contribution in [0.5, 0.6) is 0 Å². The number of carbonyl (C=O) groups excluding carboxylic acids is 4. The van der Waals surface area contributed by atoms with Gasteiger partial charge in [-0.3, -0.25) is 37.3 Å². The highest BCUT2D eigenvalue weighted by molar-refractivity contribution is 7.47. The number of phosphoric acid groups is 2. The third kappa shape index (κ3) is 78.0. The van der Waals surface area contributed by atoms with E-state index in [-0.39, 0.29) is 25.7 Å². The lowest BCUT2D eigenvalue weighted by molar-refractivity contribution is -0.161. The summed E-state index contributed by atoms with van der Waals surface area (Å²) >= 11 is 0. The van der Waals surface area contributed by atoms with E-state index in [0.29, 0.717) is 25.7 Å². The van der Waals surface area contributed by atoms with E-state index in [1.807, 2.05) is 0 Å². The fraction of sp³-hybridized carbons (Fsp3) is 0.952. The number of hydrogen-bond acceptors (Lipinski definition) is 15. The molecule has 17 nitrogen and oxygen atoms in total. The molecule has 19 heteroatoms. The molecule has 0 aliphatic rings. The van der Waals surface area contributed by atoms with Gasteiger partial charge >= 0.3 is 39.5 Å². The van der Waals surface area contributed by atoms with Crippen LogP contribution in [-0.2, 0) is 65.4 Å². The molecule has 0 amide bonds. The molecule has 0 bridgehead atoms. The van der Waals surface area contributed by atoms with Gasteiger partial charge in [-0.05, 0) is 25.7 Å². The number of rotatable bonds is 85. The van der Waals surface area contributed by atoms with E-state index in [1.165, 1.54) is 289 Å². The Morgan fingerprint density at radius 1 is 0.233 bits per heavy atom. The van der Waals surface area contributed by atoms with E-state index < -0.39 is 97.5 Å². The van der Waals surface area contributed by atoms with Gasteiger partial charge in [0.05, 0.1) is 26.4 Å². The second kappa shape index (κ2) is 78.2. The maximum absolute atomic E-state index is 13.1. The first-order chi connectivity index (χ1) is 50.2. The molecule has 3 N–H and O–H groups in total. The van der Waals surface area contributed by atoms with Crippen LogP contribution in [-0.4, -0.2) is 96.7 Å². The summed E-state index contributed by atoms with van der Waals surface area (Å²) in [6.45, 7) is 5.02. The van der Waals surface area contributed by atoms with Crippen molar-refractivity contribution in [3.63, 3.8) is 0 Å². The second-order valence-corrected chi connectivity index (χ2v) is 33.1. The Hall–Kier alpha value is -1.94. The standard InChI is InChI=1S/C84H164O17P2/c1-5-9-13-17-21-25-28-31-34-37-40-43-46-49-52-55-59-63-67-71-84(89)101-80(75-95-82(87)69-65-61-57-53-50-47-44-41-38-35-32-29-26-22-18-14-10-6-2)77-99-103(92,93)97-73-78(85)72-96-102(90,91)98-76-79(74-94-81(86)68-64-60-56-24-20-16-12-8-4)100-83(88)70-66-62-58-54-51-48-45-42-39-36-33-30-27-23-19-15-11-7-3/h78-80,85H,5-77H2,1-4H3,(H,90,91)(H,92,93)/t78-,79+,80+/m0/s1. The molecule has 612 valence electrons. The fourth-order valence-corrected chi connectivity index (χ4v) is 14.7. The van der Waals surface area contributed by atoms with Crippen molar-refractivity contribution in [2.45, 2.75) is 476 Å². The first-order valence-electron chi connectivity index (χ1n) is 43.8. The fourth-order valence-electron chi connectivity index (χ4n) is 13.2. The van der Waals surface area contributed by atoms with Crippen LogP contribution in [0.25, 0.3) is 0 Å². The highest BCUT2D eigenvalue weighted by Gasteiger charge is 2.30. The van der Waals surface area contributed by atoms with Crippen molar-refractivity contribution < 1.29 is 80.2 Å². The van der Waals surface area contributed by atoms with E-state index in [2.05, 4.69) is 27.7 Å². The Morgan fingerprint density at radius 2 is 0.388 bits per heavy atom. The number of aliphatic hydroxyl groups excluding tert-OH is 1. The zero-order chi connectivity index (χ0) is 75.3. The quantitative estimate of drug-likeness (QED) is 0.0222. The Labute approximate surface area is 632 Å². The van der Waals surface area contributed by atoms with Gasteiger partial charge in [0.15, 0.2) is 12.2 Å². The van der Waals surface area contributed by atoms with Gasteiger partial charge in [0.1, 0.15) is 19.3 Å². The molecule has 0 saturated heterocycles. The number of unbranched alkanes of at least 4 members (excludes halogenated alkanes) is 59. The number of aliphatic hydroxyl groups is 1. The van der Waals surface area contributed by atoms with Crippen LogP contribution < -0.4 is 0 Å². The van der Waals surface area contributed by atoms with Crippen LogP contribution in [0, 0.1) is 0 Å². The van der Waals surface area contributed by atoms with Gasteiger partial charge in [-0.15, -0.1) is 0 Å². The molecule has 0 fully saturated rings. The van der Waals surface area contributed by atoms with Gasteiger partial charge in [0.2, 0.25) is 0 Å². The number of carbonyl (C=O) groups is 4. The van der Waals surface area contributed by atoms with Gasteiger partial charge in [0.25, 0.3) is 0 Å². The molecular formula is C84H164O17P2. The predicted octanol–water partition coefficient (Wildman–Crippen LogP) is 25.7. The highest BCUT2D eigenvalue weighted by atomic mass is 31.2. The molecule has 0 aromatic heterocycles. The second-order valence-electron chi connectivity index (χ2n) is 30.2. The molecule has 0 saturated carbocycles. The summed E-state index contributed by atoms with van der Waals surface area (Å²) in [5.74, 6) is -2.10. The third-order valence-electron chi connectivity index (χ3n) is 19.9. The van der Waals surface area contributed by atoms with Crippen molar-refractivity contribution in [1.29, 1.82) is 0 Å². The van der Waals surface area contributed by atoms with Crippen LogP contribution in [0.2, 0.25) is 0 Å². The van der Waals surface area contributed by atoms with E-state index in [0.717, 1.165) is 89.9 Å². The minimum atomic E-state index is -4.96. The summed E-state index contributed by atoms with van der Waals surface area (Å²) in [7, 11) is -9.92. The lowest BCUT2D eigenvalue weighted by atomic mass is 10.0. The molecule has 0 heterocycles. The minimum Gasteiger partial charge on any atom is -0.462 e. The van der Waals surface area contributed by atoms with Crippen LogP contribution >= 0.6 is 15.6 Å². The molecule has 0 aliphatic carbocycles. The lowest BCUT2D eigenvalue weighted by Crippen LogP contribution is -2.30. The summed E-state index contributed by atoms with van der Waals surface area (Å²) in [5.41, 5.74) is 0. The van der Waals surface area contributed by atoms with Gasteiger partial charge in [-0.1, -0.05) is 407 Å². The normalized spacial score (nSPS) is 13.7. The molecule has 0 rings (SSSR count). The average molecular weight is 1510 g/mol. The molecule has 0 aromatic carbocycles. The number of hydrogen-bond donors (Lipinski definition) is 3. The van der Waals surface area contributed by atoms with Crippen molar-refractivity contribution >= 4 is 39.5 Å². The van der Waals surface area contributed by atoms with Gasteiger partial charge in [0, 0.05) is 25.7 Å². The molecule has 0 aliphatic heterocycles. The topological polar surface area (TPSA) is 237 Å². The monoisotopic (exact) mass is 1510 g/mol. The Balaban J connectivity index is 5.18. The molecule has 103 heavy (non-hydrogen) atoms. The Morgan fingerprint density at radius 3 is 0.573 bits per heavy atom. The summed E-state index contributed by atoms with van der Waals surface area (Å²) in [5, 5.41) is 10.7. The molecule has 0 aromatic rings. The van der Waals surface area contributed by atoms with Crippen LogP contribution in [0.15, 0.2) is 0 Å². The molecular weight excluding hydrogens is 1340 g/mol. The summed E-state index contributed by atoms with van der Waals surface area (Å²) in [6.07, 6.45) is 72.3. The first kappa shape index (κ1) is 101. The number of ether oxygens (including phenoxy) is 4. The van der Waals surface area contributed by atoms with Gasteiger partial charge in [-0.2, -0.15) is 0 Å². The van der Waals surface area contributed by atoms with Crippen molar-refractivity contribution in [2.75, 3.05) is 39.6 Å². The van der Waals surface area contributed by atoms with Gasteiger partial charge in [-0.25, -0.2) is 9.13 Å². The smallest absolute Gasteiger partial charge is 0.462 e. The van der Waals surface area contributed by atoms with Crippen molar-refractivity contribution in [3.05, 3.63) is 0 Å². The largest absolute Gasteiger partial charge is 0.472 e. The summed E-state index contributed by atoms with van der Waals surface area (Å²) in [4.78, 5) is 73.1. The lowest BCUT2D eigenvalue weighted by Gasteiger charge is -2.21. The SMILES string of the molecule is CCCCCCCCCCCCCCCCCCCCCC(=O)O[C@H](COC(=O)CCCCCCCCCCCCCCCCCCCC)COP(=O)(O)OC[C@@H](O)COP(=O)(O)OC[C@@H](COC(=O)CCCCCCCCCC)OC(=O)CCCCCCCCCCCCCCCCCCCC. The summed E-state index contributed by atoms with van der Waals surface area (Å²) in [6, 6.07) is 0. The maximum atomic E-state index is 13.1. The predicted molar refractivity (Wildman–Crippen MR) is 423 cm³/mol. The Bertz CT molecular complexity index is 1950. The van der Waals surface area contributed by atoms with Crippen LogP contribution in [0.3, 0.4) is 0 Å². The van der Waals surface area contributed by atoms with Crippen molar-refractivity contribution in [3.8, 4) is 0 Å². The maximum Gasteiger partial charge on any atom is 0.472 e. The minimum absolute atomic E-state index is 0.109. The molecule has 0 spiro atoms. The van der Waals surface area contributed by atoms with E-state index in [4.69, 9.17) is 37.0 Å². The summed E-state index contributed by atoms with van der Waals surface area (Å²) < 4.78 is 68.8. The molecule has 0 radical (unpaired) electrons. The zero-order valence-electron chi connectivity index (χ0n) is 67.3. The van der Waals surface area contributed by atoms with E-state index in [1.54, 1.807) is 0 Å². The molecule has 5 atom stereocenters. The van der Waals surface area contributed by atoms with E-state index in [9.17, 15) is 43.2 Å². The Kier molecular flexibility index (Phi) is 76.7. The van der Waals surface area contributed by atoms with Crippen molar-refractivity contribution in [2.24, 2.45) is 0 Å². The number of phosphoric ester groups is 2. The van der Waals surface area contributed by atoms with Crippen LogP contribution in [0.1, 0.15) is 458 Å². The van der Waals surface area contributed by atoms with Gasteiger partial charge < -0.3 is 33.8 Å².